The summed E-state index contributed by atoms with van der Waals surface area (Å²) >= 11 is 0. The maximum atomic E-state index is 11.7. The molecule has 2 N–H and O–H groups in total. The van der Waals surface area contributed by atoms with Crippen LogP contribution in [-0.2, 0) is 14.4 Å². The standard InChI is InChI=1S/C11H18N2O4/c1-7(2)12-9(14)10(15)13-5-3-4-8(6-13)11(16)17/h7-8H,3-6H2,1-2H3,(H,12,14)(H,16,17). The number of carboxylic acids is 1. The molecule has 1 unspecified atom stereocenters. The predicted octanol–water partition coefficient (Wildman–Crippen LogP) is -0.166. The van der Waals surface area contributed by atoms with Gasteiger partial charge in [-0.3, -0.25) is 14.4 Å². The van der Waals surface area contributed by atoms with Crippen LogP contribution in [0.25, 0.3) is 0 Å². The first kappa shape index (κ1) is 13.5. The third-order valence-electron chi connectivity index (χ3n) is 2.67. The molecule has 2 amide bonds. The first-order valence-corrected chi connectivity index (χ1v) is 5.74. The zero-order valence-corrected chi connectivity index (χ0v) is 10.1. The Morgan fingerprint density at radius 3 is 2.53 bits per heavy atom. The highest BCUT2D eigenvalue weighted by Crippen LogP contribution is 2.16. The van der Waals surface area contributed by atoms with Crippen LogP contribution in [0.15, 0.2) is 0 Å². The Hall–Kier alpha value is -1.59. The van der Waals surface area contributed by atoms with Gasteiger partial charge in [0.25, 0.3) is 0 Å². The molecule has 0 saturated carbocycles. The van der Waals surface area contributed by atoms with E-state index < -0.39 is 23.7 Å². The summed E-state index contributed by atoms with van der Waals surface area (Å²) < 4.78 is 0. The average Bonchev–Trinajstić information content (AvgIpc) is 2.27. The Balaban J connectivity index is 2.57. The van der Waals surface area contributed by atoms with Crippen molar-refractivity contribution in [2.45, 2.75) is 32.7 Å². The molecule has 0 bridgehead atoms. The van der Waals surface area contributed by atoms with Crippen molar-refractivity contribution in [3.8, 4) is 0 Å². The number of nitrogens with zero attached hydrogens (tertiary/aromatic N) is 1. The van der Waals surface area contributed by atoms with E-state index in [1.54, 1.807) is 13.8 Å². The van der Waals surface area contributed by atoms with Crippen molar-refractivity contribution in [1.82, 2.24) is 10.2 Å². The van der Waals surface area contributed by atoms with Crippen molar-refractivity contribution in [3.05, 3.63) is 0 Å². The van der Waals surface area contributed by atoms with E-state index >= 15 is 0 Å². The fraction of sp³-hybridized carbons (Fsp3) is 0.727. The van der Waals surface area contributed by atoms with Gasteiger partial charge < -0.3 is 15.3 Å². The highest BCUT2D eigenvalue weighted by atomic mass is 16.4. The predicted molar refractivity (Wildman–Crippen MR) is 60.2 cm³/mol. The normalized spacial score (nSPS) is 20.2. The van der Waals surface area contributed by atoms with Crippen LogP contribution in [-0.4, -0.2) is 46.9 Å². The van der Waals surface area contributed by atoms with E-state index in [0.717, 1.165) is 0 Å². The van der Waals surface area contributed by atoms with Crippen LogP contribution in [0, 0.1) is 5.92 Å². The van der Waals surface area contributed by atoms with Crippen LogP contribution >= 0.6 is 0 Å². The SMILES string of the molecule is CC(C)NC(=O)C(=O)N1CCCC(C(=O)O)C1. The third-order valence-corrected chi connectivity index (χ3v) is 2.67. The lowest BCUT2D eigenvalue weighted by molar-refractivity contribution is -0.151. The number of rotatable bonds is 2. The Bertz CT molecular complexity index is 327. The molecule has 1 fully saturated rings. The van der Waals surface area contributed by atoms with E-state index in [2.05, 4.69) is 5.32 Å². The van der Waals surface area contributed by atoms with Crippen molar-refractivity contribution < 1.29 is 19.5 Å². The third kappa shape index (κ3) is 3.72. The van der Waals surface area contributed by atoms with Crippen LogP contribution in [0.2, 0.25) is 0 Å². The second-order valence-corrected chi connectivity index (χ2v) is 4.56. The molecule has 1 saturated heterocycles. The van der Waals surface area contributed by atoms with Gasteiger partial charge in [-0.1, -0.05) is 0 Å². The van der Waals surface area contributed by atoms with E-state index in [-0.39, 0.29) is 12.6 Å². The van der Waals surface area contributed by atoms with Gasteiger partial charge in [-0.2, -0.15) is 0 Å². The summed E-state index contributed by atoms with van der Waals surface area (Å²) in [6.45, 7) is 4.11. The van der Waals surface area contributed by atoms with E-state index in [4.69, 9.17) is 5.11 Å². The van der Waals surface area contributed by atoms with Gasteiger partial charge in [0.05, 0.1) is 5.92 Å². The molecule has 0 aromatic rings. The zero-order chi connectivity index (χ0) is 13.0. The Morgan fingerprint density at radius 1 is 1.35 bits per heavy atom. The fourth-order valence-electron chi connectivity index (χ4n) is 1.83. The van der Waals surface area contributed by atoms with Gasteiger partial charge in [0, 0.05) is 19.1 Å². The number of nitrogens with one attached hydrogen (secondary N) is 1. The molecule has 0 radical (unpaired) electrons. The highest BCUT2D eigenvalue weighted by molar-refractivity contribution is 6.35. The number of carboxylic acid groups (broad SMARTS) is 1. The smallest absolute Gasteiger partial charge is 0.311 e. The van der Waals surface area contributed by atoms with E-state index in [9.17, 15) is 14.4 Å². The van der Waals surface area contributed by atoms with Crippen molar-refractivity contribution in [2.24, 2.45) is 5.92 Å². The van der Waals surface area contributed by atoms with Crippen molar-refractivity contribution >= 4 is 17.8 Å². The minimum atomic E-state index is -0.910. The minimum absolute atomic E-state index is 0.105. The largest absolute Gasteiger partial charge is 0.481 e. The van der Waals surface area contributed by atoms with Crippen LogP contribution in [0.3, 0.4) is 0 Å². The maximum Gasteiger partial charge on any atom is 0.311 e. The Kier molecular flexibility index (Phi) is 4.48. The summed E-state index contributed by atoms with van der Waals surface area (Å²) in [5.74, 6) is -2.76. The van der Waals surface area contributed by atoms with Gasteiger partial charge in [-0.15, -0.1) is 0 Å². The lowest BCUT2D eigenvalue weighted by Crippen LogP contribution is -2.49. The second-order valence-electron chi connectivity index (χ2n) is 4.56. The lowest BCUT2D eigenvalue weighted by Gasteiger charge is -2.30. The average molecular weight is 242 g/mol. The van der Waals surface area contributed by atoms with E-state index in [1.165, 1.54) is 4.90 Å². The number of piperidine rings is 1. The summed E-state index contributed by atoms with van der Waals surface area (Å²) in [5, 5.41) is 11.4. The number of carbonyl (C=O) groups is 3. The molecule has 6 heteroatoms. The van der Waals surface area contributed by atoms with Gasteiger partial charge in [-0.05, 0) is 26.7 Å². The second kappa shape index (κ2) is 5.65. The number of hydrogen-bond donors (Lipinski definition) is 2. The van der Waals surface area contributed by atoms with Gasteiger partial charge >= 0.3 is 17.8 Å². The molecular weight excluding hydrogens is 224 g/mol. The molecule has 1 heterocycles. The summed E-state index contributed by atoms with van der Waals surface area (Å²) in [4.78, 5) is 35.4. The van der Waals surface area contributed by atoms with Crippen LogP contribution < -0.4 is 5.32 Å². The molecule has 1 aliphatic rings. The number of likely N-dealkylation sites (tertiary alicyclic amines) is 1. The van der Waals surface area contributed by atoms with Gasteiger partial charge in [0.1, 0.15) is 0 Å². The Morgan fingerprint density at radius 2 is 2.00 bits per heavy atom. The summed E-state index contributed by atoms with van der Waals surface area (Å²) in [6, 6.07) is -0.105. The number of aliphatic carboxylic acids is 1. The number of carbonyl (C=O) groups excluding carboxylic acids is 2. The molecule has 1 atom stereocenters. The van der Waals surface area contributed by atoms with Gasteiger partial charge in [-0.25, -0.2) is 0 Å². The van der Waals surface area contributed by atoms with Crippen molar-refractivity contribution in [2.75, 3.05) is 13.1 Å². The van der Waals surface area contributed by atoms with Crippen LogP contribution in [0.4, 0.5) is 0 Å². The maximum absolute atomic E-state index is 11.7. The zero-order valence-electron chi connectivity index (χ0n) is 10.1. The monoisotopic (exact) mass is 242 g/mol. The first-order chi connectivity index (χ1) is 7.91. The fourth-order valence-corrected chi connectivity index (χ4v) is 1.83. The van der Waals surface area contributed by atoms with E-state index in [1.807, 2.05) is 0 Å². The molecule has 1 rings (SSSR count). The van der Waals surface area contributed by atoms with Crippen LogP contribution in [0.1, 0.15) is 26.7 Å². The molecular formula is C11H18N2O4. The molecule has 17 heavy (non-hydrogen) atoms. The summed E-state index contributed by atoms with van der Waals surface area (Å²) in [5.41, 5.74) is 0. The highest BCUT2D eigenvalue weighted by Gasteiger charge is 2.31. The quantitative estimate of drug-likeness (QED) is 0.658. The summed E-state index contributed by atoms with van der Waals surface area (Å²) in [7, 11) is 0. The van der Waals surface area contributed by atoms with Gasteiger partial charge in [0.2, 0.25) is 0 Å². The first-order valence-electron chi connectivity index (χ1n) is 5.74. The van der Waals surface area contributed by atoms with Crippen molar-refractivity contribution in [3.63, 3.8) is 0 Å². The van der Waals surface area contributed by atoms with Crippen LogP contribution in [0.5, 0.6) is 0 Å². The lowest BCUT2D eigenvalue weighted by atomic mass is 9.98. The van der Waals surface area contributed by atoms with Crippen molar-refractivity contribution in [1.29, 1.82) is 0 Å². The van der Waals surface area contributed by atoms with E-state index in [0.29, 0.717) is 19.4 Å². The molecule has 96 valence electrons. The Labute approximate surface area is 100.0 Å². The summed E-state index contributed by atoms with van der Waals surface area (Å²) in [6.07, 6.45) is 1.18. The number of hydrogen-bond acceptors (Lipinski definition) is 3. The topological polar surface area (TPSA) is 86.7 Å². The molecule has 0 aromatic heterocycles. The molecule has 0 spiro atoms. The van der Waals surface area contributed by atoms with Gasteiger partial charge in [0.15, 0.2) is 0 Å². The minimum Gasteiger partial charge on any atom is -0.481 e. The molecule has 0 aromatic carbocycles. The number of amides is 2. The molecule has 1 aliphatic heterocycles. The molecule has 6 nitrogen and oxygen atoms in total. The molecule has 0 aliphatic carbocycles.